The van der Waals surface area contributed by atoms with E-state index in [4.69, 9.17) is 10.5 Å². The lowest BCUT2D eigenvalue weighted by molar-refractivity contribution is -0.130. The maximum atomic E-state index is 12.8. The zero-order valence-corrected chi connectivity index (χ0v) is 19.3. The van der Waals surface area contributed by atoms with Crippen LogP contribution < -0.4 is 10.5 Å². The van der Waals surface area contributed by atoms with Crippen molar-refractivity contribution >= 4 is 5.91 Å². The summed E-state index contributed by atoms with van der Waals surface area (Å²) >= 11 is 0. The molecule has 0 unspecified atom stereocenters. The van der Waals surface area contributed by atoms with Gasteiger partial charge in [0.1, 0.15) is 17.6 Å². The fourth-order valence-corrected chi connectivity index (χ4v) is 4.46. The number of aromatic nitrogens is 2. The van der Waals surface area contributed by atoms with Crippen LogP contribution in [0.3, 0.4) is 0 Å². The van der Waals surface area contributed by atoms with Gasteiger partial charge in [0.25, 0.3) is 0 Å². The third kappa shape index (κ3) is 4.48. The van der Waals surface area contributed by atoms with E-state index in [1.54, 1.807) is 18.6 Å². The van der Waals surface area contributed by atoms with Gasteiger partial charge in [-0.25, -0.2) is 4.98 Å². The predicted octanol–water partition coefficient (Wildman–Crippen LogP) is 4.03. The van der Waals surface area contributed by atoms with Crippen molar-refractivity contribution in [3.05, 3.63) is 77.4 Å². The van der Waals surface area contributed by atoms with Crippen LogP contribution >= 0.6 is 0 Å². The summed E-state index contributed by atoms with van der Waals surface area (Å²) in [5.41, 5.74) is 8.85. The fraction of sp³-hybridized carbons (Fsp3) is 0.346. The molecule has 1 aliphatic rings. The summed E-state index contributed by atoms with van der Waals surface area (Å²) in [6.07, 6.45) is 6.29. The molecule has 1 fully saturated rings. The number of hydrogen-bond acceptors (Lipinski definition) is 5. The van der Waals surface area contributed by atoms with E-state index in [0.717, 1.165) is 42.6 Å². The molecule has 0 radical (unpaired) electrons. The number of ether oxygens (including phenoxy) is 1. The minimum Gasteiger partial charge on any atom is -0.456 e. The number of rotatable bonds is 5. The van der Waals surface area contributed by atoms with E-state index < -0.39 is 5.54 Å². The summed E-state index contributed by atoms with van der Waals surface area (Å²) in [7, 11) is 3.75. The van der Waals surface area contributed by atoms with Crippen molar-refractivity contribution in [1.29, 1.82) is 5.26 Å². The Kier molecular flexibility index (Phi) is 6.21. The zero-order chi connectivity index (χ0) is 23.6. The number of hydrogen-bond donors (Lipinski definition) is 1. The maximum Gasteiger partial charge on any atom is 0.229 e. The molecule has 0 spiro atoms. The van der Waals surface area contributed by atoms with E-state index in [2.05, 4.69) is 11.1 Å². The highest BCUT2D eigenvalue weighted by molar-refractivity contribution is 5.83. The summed E-state index contributed by atoms with van der Waals surface area (Å²) in [4.78, 5) is 18.8. The van der Waals surface area contributed by atoms with Gasteiger partial charge in [0.15, 0.2) is 0 Å². The van der Waals surface area contributed by atoms with E-state index >= 15 is 0 Å². The molecular formula is C26H29N5O2. The standard InChI is InChI=1S/C26H29N5O2/c1-26(28,24-16-29-17-31(24)3)20-11-10-19(15-27)23(14-20)33-21-8-6-7-18(13-21)22-9-4-5-12-30(2)25(22)32/h6-8,10-11,13-14,16-17,22H,4-5,9,12,28H2,1-3H3/t22-,26-/m0/s1. The quantitative estimate of drug-likeness (QED) is 0.642. The molecular weight excluding hydrogens is 414 g/mol. The van der Waals surface area contributed by atoms with Crippen molar-refractivity contribution in [2.75, 3.05) is 13.6 Å². The van der Waals surface area contributed by atoms with Crippen molar-refractivity contribution in [3.8, 4) is 17.6 Å². The average Bonchev–Trinajstić information content (AvgIpc) is 3.18. The van der Waals surface area contributed by atoms with Gasteiger partial charge in [-0.05, 0) is 55.2 Å². The number of benzene rings is 2. The topological polar surface area (TPSA) is 97.2 Å². The van der Waals surface area contributed by atoms with Crippen LogP contribution in [0.25, 0.3) is 0 Å². The number of carbonyl (C=O) groups is 1. The van der Waals surface area contributed by atoms with Gasteiger partial charge in [0.2, 0.25) is 5.91 Å². The first-order valence-corrected chi connectivity index (χ1v) is 11.1. The highest BCUT2D eigenvalue weighted by Gasteiger charge is 2.29. The zero-order valence-electron chi connectivity index (χ0n) is 19.3. The molecule has 7 nitrogen and oxygen atoms in total. The Hall–Kier alpha value is -3.63. The minimum absolute atomic E-state index is 0.138. The molecule has 33 heavy (non-hydrogen) atoms. The normalized spacial score (nSPS) is 18.3. The van der Waals surface area contributed by atoms with E-state index in [1.807, 2.05) is 66.9 Å². The van der Waals surface area contributed by atoms with E-state index in [9.17, 15) is 10.1 Å². The third-order valence-electron chi connectivity index (χ3n) is 6.45. The van der Waals surface area contributed by atoms with Gasteiger partial charge in [-0.1, -0.05) is 24.6 Å². The lowest BCUT2D eigenvalue weighted by atomic mass is 9.89. The average molecular weight is 444 g/mol. The van der Waals surface area contributed by atoms with Gasteiger partial charge in [-0.2, -0.15) is 5.26 Å². The molecule has 1 saturated heterocycles. The smallest absolute Gasteiger partial charge is 0.229 e. The maximum absolute atomic E-state index is 12.8. The van der Waals surface area contributed by atoms with Crippen molar-refractivity contribution in [2.45, 2.75) is 37.6 Å². The summed E-state index contributed by atoms with van der Waals surface area (Å²) in [6.45, 7) is 2.70. The number of likely N-dealkylation sites (N-methyl/N-ethyl adjacent to an activating group) is 1. The molecule has 0 saturated carbocycles. The molecule has 0 aliphatic carbocycles. The van der Waals surface area contributed by atoms with Gasteiger partial charge in [-0.3, -0.25) is 4.79 Å². The SMILES string of the molecule is CN1CCCC[C@@H](c2cccc(Oc3cc([C@](C)(N)c4cncn4C)ccc3C#N)c2)C1=O. The number of nitriles is 1. The van der Waals surface area contributed by atoms with Crippen molar-refractivity contribution < 1.29 is 9.53 Å². The number of imidazole rings is 1. The first kappa shape index (κ1) is 22.6. The van der Waals surface area contributed by atoms with Crippen LogP contribution in [0.5, 0.6) is 11.5 Å². The second-order valence-corrected chi connectivity index (χ2v) is 8.90. The van der Waals surface area contributed by atoms with Crippen LogP contribution in [-0.2, 0) is 17.4 Å². The molecule has 7 heteroatoms. The minimum atomic E-state index is -0.823. The number of likely N-dealkylation sites (tertiary alicyclic amines) is 1. The summed E-state index contributed by atoms with van der Waals surface area (Å²) in [5.74, 6) is 0.967. The molecule has 2 atom stereocenters. The number of aryl methyl sites for hydroxylation is 1. The molecule has 1 amide bonds. The number of amides is 1. The second-order valence-electron chi connectivity index (χ2n) is 8.90. The van der Waals surface area contributed by atoms with Gasteiger partial charge < -0.3 is 19.9 Å². The molecule has 2 N–H and O–H groups in total. The van der Waals surface area contributed by atoms with Gasteiger partial charge in [-0.15, -0.1) is 0 Å². The first-order valence-electron chi connectivity index (χ1n) is 11.1. The third-order valence-corrected chi connectivity index (χ3v) is 6.45. The first-order chi connectivity index (χ1) is 15.8. The number of nitrogens with zero attached hydrogens (tertiary/aromatic N) is 4. The van der Waals surface area contributed by atoms with Crippen LogP contribution in [0.15, 0.2) is 55.0 Å². The molecule has 2 aromatic carbocycles. The number of carbonyl (C=O) groups excluding carboxylic acids is 1. The Bertz CT molecular complexity index is 1210. The number of nitrogens with two attached hydrogens (primary N) is 1. The van der Waals surface area contributed by atoms with Gasteiger partial charge in [0, 0.05) is 20.6 Å². The summed E-state index contributed by atoms with van der Waals surface area (Å²) in [6, 6.07) is 15.2. The molecule has 1 aliphatic heterocycles. The largest absolute Gasteiger partial charge is 0.456 e. The summed E-state index contributed by atoms with van der Waals surface area (Å²) < 4.78 is 8.06. The lowest BCUT2D eigenvalue weighted by Gasteiger charge is -2.26. The fourth-order valence-electron chi connectivity index (χ4n) is 4.46. The van der Waals surface area contributed by atoms with E-state index in [-0.39, 0.29) is 11.8 Å². The summed E-state index contributed by atoms with van der Waals surface area (Å²) in [5, 5.41) is 9.65. The molecule has 170 valence electrons. The Morgan fingerprint density at radius 1 is 1.21 bits per heavy atom. The van der Waals surface area contributed by atoms with E-state index in [0.29, 0.717) is 17.1 Å². The van der Waals surface area contributed by atoms with Crippen LogP contribution in [0.1, 0.15) is 54.5 Å². The van der Waals surface area contributed by atoms with E-state index in [1.165, 1.54) is 0 Å². The van der Waals surface area contributed by atoms with Crippen LogP contribution in [0.2, 0.25) is 0 Å². The monoisotopic (exact) mass is 443 g/mol. The van der Waals surface area contributed by atoms with Crippen molar-refractivity contribution in [3.63, 3.8) is 0 Å². The molecule has 2 heterocycles. The highest BCUT2D eigenvalue weighted by atomic mass is 16.5. The molecule has 0 bridgehead atoms. The Morgan fingerprint density at radius 3 is 2.76 bits per heavy atom. The molecule has 4 rings (SSSR count). The Balaban J connectivity index is 1.66. The molecule has 3 aromatic rings. The van der Waals surface area contributed by atoms with Crippen molar-refractivity contribution in [2.24, 2.45) is 12.8 Å². The Morgan fingerprint density at radius 2 is 2.03 bits per heavy atom. The van der Waals surface area contributed by atoms with Gasteiger partial charge >= 0.3 is 0 Å². The lowest BCUT2D eigenvalue weighted by Crippen LogP contribution is -2.36. The van der Waals surface area contributed by atoms with Crippen LogP contribution in [0, 0.1) is 11.3 Å². The predicted molar refractivity (Wildman–Crippen MR) is 126 cm³/mol. The molecule has 1 aromatic heterocycles. The van der Waals surface area contributed by atoms with Crippen LogP contribution in [0.4, 0.5) is 0 Å². The van der Waals surface area contributed by atoms with Gasteiger partial charge in [0.05, 0.1) is 35.2 Å². The Labute approximate surface area is 194 Å². The second kappa shape index (κ2) is 9.08. The van der Waals surface area contributed by atoms with Crippen LogP contribution in [-0.4, -0.2) is 34.0 Å². The highest BCUT2D eigenvalue weighted by Crippen LogP contribution is 2.35. The van der Waals surface area contributed by atoms with Crippen molar-refractivity contribution in [1.82, 2.24) is 14.5 Å².